The van der Waals surface area contributed by atoms with E-state index in [9.17, 15) is 9.59 Å². The van der Waals surface area contributed by atoms with Gasteiger partial charge >= 0.3 is 12.0 Å². The number of nitrogens with one attached hydrogen (secondary N) is 1. The van der Waals surface area contributed by atoms with Crippen LogP contribution in [-0.4, -0.2) is 66.1 Å². The quantitative estimate of drug-likeness (QED) is 0.584. The maximum absolute atomic E-state index is 11.7. The number of likely N-dealkylation sites (N-methyl/N-ethyl adjacent to an activating group) is 1. The predicted molar refractivity (Wildman–Crippen MR) is 58.6 cm³/mol. The van der Waals surface area contributed by atoms with Crippen LogP contribution in [0.1, 0.15) is 6.92 Å². The number of carboxylic acid groups (broad SMARTS) is 1. The van der Waals surface area contributed by atoms with Gasteiger partial charge in [0.05, 0.1) is 25.9 Å². The summed E-state index contributed by atoms with van der Waals surface area (Å²) in [6, 6.07) is -0.879. The summed E-state index contributed by atoms with van der Waals surface area (Å²) in [6.45, 7) is 2.68. The third-order valence-electron chi connectivity index (χ3n) is 2.75. The maximum Gasteiger partial charge on any atom is 0.317 e. The molecule has 0 aromatic carbocycles. The van der Waals surface area contributed by atoms with E-state index in [-0.39, 0.29) is 32.4 Å². The van der Waals surface area contributed by atoms with Crippen molar-refractivity contribution in [2.24, 2.45) is 5.92 Å². The number of aliphatic hydroxyl groups excluding tert-OH is 1. The average Bonchev–Trinajstić information content (AvgIpc) is 2.73. The highest BCUT2D eigenvalue weighted by atomic mass is 16.5. The topological polar surface area (TPSA) is 99.1 Å². The molecular formula is C10H18N2O5. The molecule has 0 spiro atoms. The second kappa shape index (κ2) is 6.41. The first kappa shape index (κ1) is 13.7. The molecule has 17 heavy (non-hydrogen) atoms. The van der Waals surface area contributed by atoms with Gasteiger partial charge in [-0.2, -0.15) is 0 Å². The minimum absolute atomic E-state index is 0.117. The molecule has 1 aliphatic heterocycles. The Balaban J connectivity index is 2.52. The first-order valence-electron chi connectivity index (χ1n) is 5.57. The second-order valence-corrected chi connectivity index (χ2v) is 3.84. The first-order chi connectivity index (χ1) is 8.10. The van der Waals surface area contributed by atoms with E-state index in [4.69, 9.17) is 14.9 Å². The fourth-order valence-electron chi connectivity index (χ4n) is 1.71. The van der Waals surface area contributed by atoms with Crippen molar-refractivity contribution in [3.63, 3.8) is 0 Å². The van der Waals surface area contributed by atoms with Gasteiger partial charge in [-0.3, -0.25) is 4.79 Å². The van der Waals surface area contributed by atoms with Gasteiger partial charge in [0.25, 0.3) is 0 Å². The van der Waals surface area contributed by atoms with Crippen molar-refractivity contribution < 1.29 is 24.5 Å². The summed E-state index contributed by atoms with van der Waals surface area (Å²) >= 11 is 0. The zero-order valence-corrected chi connectivity index (χ0v) is 9.76. The van der Waals surface area contributed by atoms with E-state index in [2.05, 4.69) is 5.32 Å². The molecule has 1 heterocycles. The van der Waals surface area contributed by atoms with Crippen LogP contribution in [-0.2, 0) is 9.53 Å². The van der Waals surface area contributed by atoms with Gasteiger partial charge in [-0.05, 0) is 6.92 Å². The number of ether oxygens (including phenoxy) is 1. The molecule has 1 saturated heterocycles. The molecule has 2 amide bonds. The molecule has 98 valence electrons. The largest absolute Gasteiger partial charge is 0.481 e. The molecular weight excluding hydrogens is 228 g/mol. The van der Waals surface area contributed by atoms with Gasteiger partial charge in [-0.15, -0.1) is 0 Å². The molecule has 0 radical (unpaired) electrons. The minimum atomic E-state index is -0.974. The normalized spacial score (nSPS) is 23.4. The molecule has 0 aromatic rings. The molecule has 3 N–H and O–H groups in total. The Hall–Kier alpha value is -1.34. The molecule has 1 aliphatic rings. The summed E-state index contributed by atoms with van der Waals surface area (Å²) in [6.07, 6.45) is 0. The van der Waals surface area contributed by atoms with Crippen molar-refractivity contribution >= 4 is 12.0 Å². The molecule has 2 unspecified atom stereocenters. The summed E-state index contributed by atoms with van der Waals surface area (Å²) in [5.41, 5.74) is 0. The van der Waals surface area contributed by atoms with E-state index >= 15 is 0 Å². The SMILES string of the molecule is CCN(CCO)C(=O)NC1COCC1C(=O)O. The van der Waals surface area contributed by atoms with E-state index in [1.165, 1.54) is 4.90 Å². The number of hydrogen-bond acceptors (Lipinski definition) is 4. The van der Waals surface area contributed by atoms with Crippen molar-refractivity contribution in [1.82, 2.24) is 10.2 Å². The summed E-state index contributed by atoms with van der Waals surface area (Å²) in [5.74, 6) is -1.68. The average molecular weight is 246 g/mol. The molecule has 7 heteroatoms. The third-order valence-corrected chi connectivity index (χ3v) is 2.75. The van der Waals surface area contributed by atoms with Gasteiger partial charge in [0.2, 0.25) is 0 Å². The van der Waals surface area contributed by atoms with Crippen molar-refractivity contribution in [2.45, 2.75) is 13.0 Å². The van der Waals surface area contributed by atoms with Crippen LogP contribution in [0.25, 0.3) is 0 Å². The number of carboxylic acids is 1. The lowest BCUT2D eigenvalue weighted by Crippen LogP contribution is -2.49. The number of aliphatic carboxylic acids is 1. The van der Waals surface area contributed by atoms with E-state index in [1.54, 1.807) is 6.92 Å². The number of carbonyl (C=O) groups is 2. The zero-order valence-electron chi connectivity index (χ0n) is 9.76. The Morgan fingerprint density at radius 2 is 2.18 bits per heavy atom. The van der Waals surface area contributed by atoms with E-state index < -0.39 is 17.9 Å². The fraction of sp³-hybridized carbons (Fsp3) is 0.800. The number of hydrogen-bond donors (Lipinski definition) is 3. The monoisotopic (exact) mass is 246 g/mol. The third kappa shape index (κ3) is 3.57. The van der Waals surface area contributed by atoms with Crippen molar-refractivity contribution in [1.29, 1.82) is 0 Å². The van der Waals surface area contributed by atoms with Gasteiger partial charge in [0.15, 0.2) is 0 Å². The molecule has 1 fully saturated rings. The Kier molecular flexibility index (Phi) is 5.17. The number of rotatable bonds is 5. The lowest BCUT2D eigenvalue weighted by Gasteiger charge is -2.23. The van der Waals surface area contributed by atoms with Crippen LogP contribution < -0.4 is 5.32 Å². The van der Waals surface area contributed by atoms with Gasteiger partial charge in [-0.25, -0.2) is 4.79 Å². The molecule has 0 aliphatic carbocycles. The van der Waals surface area contributed by atoms with Crippen LogP contribution in [0, 0.1) is 5.92 Å². The molecule has 0 bridgehead atoms. The van der Waals surface area contributed by atoms with Crippen LogP contribution in [0.4, 0.5) is 4.79 Å². The summed E-state index contributed by atoms with van der Waals surface area (Å²) < 4.78 is 5.04. The number of carbonyl (C=O) groups excluding carboxylic acids is 1. The number of nitrogens with zero attached hydrogens (tertiary/aromatic N) is 1. The Bertz CT molecular complexity index is 284. The highest BCUT2D eigenvalue weighted by Gasteiger charge is 2.35. The molecule has 2 atom stereocenters. The van der Waals surface area contributed by atoms with Crippen LogP contribution in [0.3, 0.4) is 0 Å². The van der Waals surface area contributed by atoms with Crippen LogP contribution in [0.5, 0.6) is 0 Å². The lowest BCUT2D eigenvalue weighted by atomic mass is 10.0. The number of aliphatic hydroxyl groups is 1. The Morgan fingerprint density at radius 1 is 1.47 bits per heavy atom. The molecule has 1 rings (SSSR count). The summed E-state index contributed by atoms with van der Waals surface area (Å²) in [4.78, 5) is 24.0. The number of amides is 2. The van der Waals surface area contributed by atoms with E-state index in [0.717, 1.165) is 0 Å². The second-order valence-electron chi connectivity index (χ2n) is 3.84. The molecule has 0 aromatic heterocycles. The molecule has 7 nitrogen and oxygen atoms in total. The lowest BCUT2D eigenvalue weighted by molar-refractivity contribution is -0.142. The zero-order chi connectivity index (χ0) is 12.8. The highest BCUT2D eigenvalue weighted by molar-refractivity contribution is 5.77. The van der Waals surface area contributed by atoms with Crippen LogP contribution in [0.15, 0.2) is 0 Å². The number of urea groups is 1. The molecule has 0 saturated carbocycles. The summed E-state index contributed by atoms with van der Waals surface area (Å²) in [7, 11) is 0. The van der Waals surface area contributed by atoms with Gasteiger partial charge in [0.1, 0.15) is 5.92 Å². The Labute approximate surface area is 99.4 Å². The highest BCUT2D eigenvalue weighted by Crippen LogP contribution is 2.14. The van der Waals surface area contributed by atoms with E-state index in [1.807, 2.05) is 0 Å². The van der Waals surface area contributed by atoms with E-state index in [0.29, 0.717) is 6.54 Å². The predicted octanol–water partition coefficient (Wildman–Crippen LogP) is -0.890. The fourth-order valence-corrected chi connectivity index (χ4v) is 1.71. The van der Waals surface area contributed by atoms with Crippen LogP contribution >= 0.6 is 0 Å². The van der Waals surface area contributed by atoms with Gasteiger partial charge in [0, 0.05) is 13.1 Å². The van der Waals surface area contributed by atoms with Crippen molar-refractivity contribution in [3.05, 3.63) is 0 Å². The van der Waals surface area contributed by atoms with Gasteiger partial charge in [-0.1, -0.05) is 0 Å². The van der Waals surface area contributed by atoms with Crippen LogP contribution in [0.2, 0.25) is 0 Å². The maximum atomic E-state index is 11.7. The summed E-state index contributed by atoms with van der Waals surface area (Å²) in [5, 5.41) is 20.3. The minimum Gasteiger partial charge on any atom is -0.481 e. The standard InChI is InChI=1S/C10H18N2O5/c1-2-12(3-4-13)10(16)11-8-6-17-5-7(8)9(14)15/h7-8,13H,2-6H2,1H3,(H,11,16)(H,14,15). The van der Waals surface area contributed by atoms with Crippen molar-refractivity contribution in [3.8, 4) is 0 Å². The Morgan fingerprint density at radius 3 is 2.71 bits per heavy atom. The van der Waals surface area contributed by atoms with Gasteiger partial charge < -0.3 is 25.2 Å². The van der Waals surface area contributed by atoms with Crippen molar-refractivity contribution in [2.75, 3.05) is 32.9 Å². The first-order valence-corrected chi connectivity index (χ1v) is 5.57. The smallest absolute Gasteiger partial charge is 0.317 e.